The van der Waals surface area contributed by atoms with Gasteiger partial charge in [-0.1, -0.05) is 30.3 Å². The lowest BCUT2D eigenvalue weighted by molar-refractivity contribution is -0.120. The Morgan fingerprint density at radius 3 is 2.35 bits per heavy atom. The Morgan fingerprint density at radius 2 is 1.74 bits per heavy atom. The molecule has 0 fully saturated rings. The Hall–Kier alpha value is -1.94. The van der Waals surface area contributed by atoms with Crippen LogP contribution < -0.4 is 10.1 Å². The molecule has 23 heavy (non-hydrogen) atoms. The Bertz CT molecular complexity index is 613. The molecule has 0 bridgehead atoms. The molecule has 0 heterocycles. The van der Waals surface area contributed by atoms with Crippen molar-refractivity contribution in [1.29, 1.82) is 0 Å². The monoisotopic (exact) mass is 329 g/mol. The molecule has 0 aliphatic rings. The molecule has 0 radical (unpaired) electrons. The first-order valence-electron chi connectivity index (χ1n) is 7.85. The van der Waals surface area contributed by atoms with Crippen molar-refractivity contribution in [2.45, 2.75) is 37.0 Å². The number of carbonyl (C=O) groups excluding carboxylic acids is 1. The molecule has 0 unspecified atom stereocenters. The van der Waals surface area contributed by atoms with Gasteiger partial charge >= 0.3 is 0 Å². The van der Waals surface area contributed by atoms with Crippen LogP contribution in [-0.4, -0.2) is 17.8 Å². The van der Waals surface area contributed by atoms with Gasteiger partial charge in [0.25, 0.3) is 0 Å². The predicted molar refractivity (Wildman–Crippen MR) is 95.9 cm³/mol. The van der Waals surface area contributed by atoms with E-state index in [1.165, 1.54) is 0 Å². The van der Waals surface area contributed by atoms with Crippen molar-refractivity contribution < 1.29 is 9.53 Å². The van der Waals surface area contributed by atoms with Crippen LogP contribution in [0, 0.1) is 0 Å². The number of rotatable bonds is 7. The minimum atomic E-state index is -0.137. The average molecular weight is 329 g/mol. The van der Waals surface area contributed by atoms with Crippen LogP contribution in [0.1, 0.15) is 32.4 Å². The molecular formula is C19H23NO2S. The Morgan fingerprint density at radius 1 is 1.09 bits per heavy atom. The summed E-state index contributed by atoms with van der Waals surface area (Å²) < 4.78 is 5.44. The Balaban J connectivity index is 1.90. The van der Waals surface area contributed by atoms with E-state index in [2.05, 4.69) is 5.32 Å². The molecule has 3 nitrogen and oxygen atoms in total. The summed E-state index contributed by atoms with van der Waals surface area (Å²) in [7, 11) is 0. The average Bonchev–Trinajstić information content (AvgIpc) is 2.56. The van der Waals surface area contributed by atoms with Crippen molar-refractivity contribution in [3.05, 3.63) is 60.2 Å². The molecule has 2 rings (SSSR count). The van der Waals surface area contributed by atoms with Gasteiger partial charge in [0, 0.05) is 4.90 Å². The predicted octanol–water partition coefficient (Wildman–Crippen LogP) is 4.44. The minimum absolute atomic E-state index is 0.0306. The zero-order valence-electron chi connectivity index (χ0n) is 13.8. The van der Waals surface area contributed by atoms with Crippen LogP contribution in [0.3, 0.4) is 0 Å². The van der Waals surface area contributed by atoms with Crippen molar-refractivity contribution in [1.82, 2.24) is 5.32 Å². The summed E-state index contributed by atoms with van der Waals surface area (Å²) >= 11 is 1.57. The third-order valence-corrected chi connectivity index (χ3v) is 4.59. The van der Waals surface area contributed by atoms with Crippen LogP contribution in [-0.2, 0) is 4.79 Å². The van der Waals surface area contributed by atoms with E-state index < -0.39 is 0 Å². The van der Waals surface area contributed by atoms with Gasteiger partial charge in [-0.2, -0.15) is 0 Å². The fourth-order valence-electron chi connectivity index (χ4n) is 2.19. The summed E-state index contributed by atoms with van der Waals surface area (Å²) in [6.07, 6.45) is 0. The van der Waals surface area contributed by atoms with Gasteiger partial charge in [-0.05, 0) is 50.6 Å². The molecule has 1 amide bonds. The van der Waals surface area contributed by atoms with Gasteiger partial charge in [0.05, 0.1) is 17.9 Å². The standard InChI is InChI=1S/C19H23NO2S/c1-4-22-17-12-10-16(11-13-17)14(2)20-19(21)15(3)23-18-8-6-5-7-9-18/h5-15H,4H2,1-3H3,(H,20,21)/t14-,15+/m1/s1. The van der Waals surface area contributed by atoms with E-state index >= 15 is 0 Å². The van der Waals surface area contributed by atoms with Crippen LogP contribution in [0.4, 0.5) is 0 Å². The maximum absolute atomic E-state index is 12.3. The second-order valence-electron chi connectivity index (χ2n) is 5.31. The van der Waals surface area contributed by atoms with E-state index in [9.17, 15) is 4.79 Å². The Labute approximate surface area is 142 Å². The maximum atomic E-state index is 12.3. The summed E-state index contributed by atoms with van der Waals surface area (Å²) in [4.78, 5) is 13.4. The molecule has 0 saturated carbocycles. The molecule has 0 aromatic heterocycles. The second-order valence-corrected chi connectivity index (χ2v) is 6.72. The van der Waals surface area contributed by atoms with E-state index in [-0.39, 0.29) is 17.2 Å². The quantitative estimate of drug-likeness (QED) is 0.763. The molecule has 2 atom stereocenters. The third-order valence-electron chi connectivity index (χ3n) is 3.48. The molecule has 0 aliphatic carbocycles. The van der Waals surface area contributed by atoms with Gasteiger partial charge < -0.3 is 10.1 Å². The minimum Gasteiger partial charge on any atom is -0.494 e. The number of thioether (sulfide) groups is 1. The van der Waals surface area contributed by atoms with Gasteiger partial charge in [0.1, 0.15) is 5.75 Å². The molecule has 0 spiro atoms. The van der Waals surface area contributed by atoms with Gasteiger partial charge in [-0.3, -0.25) is 4.79 Å². The van der Waals surface area contributed by atoms with E-state index in [1.807, 2.05) is 75.4 Å². The highest BCUT2D eigenvalue weighted by molar-refractivity contribution is 8.00. The van der Waals surface area contributed by atoms with E-state index in [4.69, 9.17) is 4.74 Å². The van der Waals surface area contributed by atoms with Crippen molar-refractivity contribution in [3.63, 3.8) is 0 Å². The molecule has 122 valence electrons. The number of nitrogens with one attached hydrogen (secondary N) is 1. The zero-order chi connectivity index (χ0) is 16.7. The van der Waals surface area contributed by atoms with E-state index in [1.54, 1.807) is 11.8 Å². The molecule has 4 heteroatoms. The van der Waals surface area contributed by atoms with Crippen LogP contribution in [0.15, 0.2) is 59.5 Å². The summed E-state index contributed by atoms with van der Waals surface area (Å²) in [6, 6.07) is 17.8. The van der Waals surface area contributed by atoms with Crippen molar-refractivity contribution in [2.24, 2.45) is 0 Å². The summed E-state index contributed by atoms with van der Waals surface area (Å²) in [5, 5.41) is 2.93. The highest BCUT2D eigenvalue weighted by Crippen LogP contribution is 2.24. The zero-order valence-corrected chi connectivity index (χ0v) is 14.6. The van der Waals surface area contributed by atoms with E-state index in [0.717, 1.165) is 16.2 Å². The SMILES string of the molecule is CCOc1ccc([C@@H](C)NC(=O)[C@H](C)Sc2ccccc2)cc1. The van der Waals surface area contributed by atoms with Crippen LogP contribution in [0.25, 0.3) is 0 Å². The number of benzene rings is 2. The fourth-order valence-corrected chi connectivity index (χ4v) is 3.09. The smallest absolute Gasteiger partial charge is 0.233 e. The number of hydrogen-bond acceptors (Lipinski definition) is 3. The van der Waals surface area contributed by atoms with Crippen molar-refractivity contribution in [3.8, 4) is 5.75 Å². The van der Waals surface area contributed by atoms with Crippen molar-refractivity contribution >= 4 is 17.7 Å². The lowest BCUT2D eigenvalue weighted by atomic mass is 10.1. The van der Waals surface area contributed by atoms with Crippen molar-refractivity contribution in [2.75, 3.05) is 6.61 Å². The molecular weight excluding hydrogens is 306 g/mol. The molecule has 1 N–H and O–H groups in total. The van der Waals surface area contributed by atoms with E-state index in [0.29, 0.717) is 6.61 Å². The molecule has 0 aliphatic heterocycles. The Kier molecular flexibility index (Phi) is 6.53. The van der Waals surface area contributed by atoms with Crippen LogP contribution in [0.2, 0.25) is 0 Å². The summed E-state index contributed by atoms with van der Waals surface area (Å²) in [6.45, 7) is 6.54. The second kappa shape index (κ2) is 8.63. The van der Waals surface area contributed by atoms with Gasteiger partial charge in [-0.15, -0.1) is 11.8 Å². The summed E-state index contributed by atoms with van der Waals surface area (Å²) in [5.41, 5.74) is 1.07. The van der Waals surface area contributed by atoms with Gasteiger partial charge in [-0.25, -0.2) is 0 Å². The lowest BCUT2D eigenvalue weighted by Gasteiger charge is -2.18. The lowest BCUT2D eigenvalue weighted by Crippen LogP contribution is -2.33. The summed E-state index contributed by atoms with van der Waals surface area (Å²) in [5.74, 6) is 0.892. The first kappa shape index (κ1) is 17.4. The first-order chi connectivity index (χ1) is 11.1. The highest BCUT2D eigenvalue weighted by Gasteiger charge is 2.17. The fraction of sp³-hybridized carbons (Fsp3) is 0.316. The number of carbonyl (C=O) groups is 1. The number of amides is 1. The molecule has 2 aromatic carbocycles. The van der Waals surface area contributed by atoms with Gasteiger partial charge in [0.15, 0.2) is 0 Å². The third kappa shape index (κ3) is 5.32. The maximum Gasteiger partial charge on any atom is 0.233 e. The highest BCUT2D eigenvalue weighted by atomic mass is 32.2. The topological polar surface area (TPSA) is 38.3 Å². The molecule has 2 aromatic rings. The normalized spacial score (nSPS) is 13.2. The molecule has 0 saturated heterocycles. The number of hydrogen-bond donors (Lipinski definition) is 1. The van der Waals surface area contributed by atoms with Crippen LogP contribution >= 0.6 is 11.8 Å². The number of ether oxygens (including phenoxy) is 1. The van der Waals surface area contributed by atoms with Crippen LogP contribution in [0.5, 0.6) is 5.75 Å². The largest absolute Gasteiger partial charge is 0.494 e. The van der Waals surface area contributed by atoms with Gasteiger partial charge in [0.2, 0.25) is 5.91 Å². The first-order valence-corrected chi connectivity index (χ1v) is 8.73.